The van der Waals surface area contributed by atoms with Crippen molar-refractivity contribution in [2.45, 2.75) is 6.42 Å². The third-order valence-corrected chi connectivity index (χ3v) is 6.07. The molecule has 3 rings (SSSR count). The zero-order chi connectivity index (χ0) is 19.7. The molecule has 0 radical (unpaired) electrons. The fourth-order valence-corrected chi connectivity index (χ4v) is 4.01. The van der Waals surface area contributed by atoms with Crippen molar-refractivity contribution in [1.82, 2.24) is 4.98 Å². The zero-order valence-corrected chi connectivity index (χ0v) is 17.9. The van der Waals surface area contributed by atoms with E-state index in [4.69, 9.17) is 74.9 Å². The van der Waals surface area contributed by atoms with Gasteiger partial charge in [0, 0.05) is 11.1 Å². The molecule has 0 aliphatic carbocycles. The minimum atomic E-state index is 0.110. The van der Waals surface area contributed by atoms with Crippen LogP contribution in [-0.4, -0.2) is 4.98 Å². The van der Waals surface area contributed by atoms with Crippen LogP contribution in [0.2, 0.25) is 30.1 Å². The number of benzene rings is 2. The van der Waals surface area contributed by atoms with Gasteiger partial charge in [-0.3, -0.25) is 0 Å². The molecule has 2 aromatic carbocycles. The lowest BCUT2D eigenvalue weighted by atomic mass is 10.0. The van der Waals surface area contributed by atoms with Crippen molar-refractivity contribution in [2.75, 3.05) is 0 Å². The molecule has 0 amide bonds. The van der Waals surface area contributed by atoms with Gasteiger partial charge in [-0.1, -0.05) is 75.7 Å². The average Bonchev–Trinajstić information content (AvgIpc) is 2.64. The molecule has 1 aromatic heterocycles. The summed E-state index contributed by atoms with van der Waals surface area (Å²) in [7, 11) is 0. The highest BCUT2D eigenvalue weighted by Gasteiger charge is 2.20. The summed E-state index contributed by atoms with van der Waals surface area (Å²) in [6, 6.07) is 12.0. The minimum Gasteiger partial charge on any atom is -0.247 e. The van der Waals surface area contributed by atoms with Crippen molar-refractivity contribution in [2.24, 2.45) is 0 Å². The lowest BCUT2D eigenvalue weighted by Crippen LogP contribution is -1.98. The van der Waals surface area contributed by atoms with Gasteiger partial charge < -0.3 is 0 Å². The Morgan fingerprint density at radius 2 is 1.22 bits per heavy atom. The summed E-state index contributed by atoms with van der Waals surface area (Å²) >= 11 is 37.7. The molecule has 136 valence electrons. The predicted octanol–water partition coefficient (Wildman–Crippen LogP) is 8.40. The van der Waals surface area contributed by atoms with Gasteiger partial charge in [0.1, 0.15) is 0 Å². The number of nitrogens with zero attached hydrogens (tertiary/aromatic N) is 2. The molecular formula is C19H8Cl6N2. The van der Waals surface area contributed by atoms with E-state index in [2.05, 4.69) is 11.1 Å². The maximum Gasteiger partial charge on any atom is 0.0782 e. The van der Waals surface area contributed by atoms with Crippen molar-refractivity contribution >= 4 is 69.6 Å². The van der Waals surface area contributed by atoms with Crippen LogP contribution in [0.3, 0.4) is 0 Å². The summed E-state index contributed by atoms with van der Waals surface area (Å²) in [5.41, 5.74) is 2.45. The highest BCUT2D eigenvalue weighted by molar-refractivity contribution is 6.47. The Bertz CT molecular complexity index is 1090. The number of rotatable bonds is 3. The van der Waals surface area contributed by atoms with Gasteiger partial charge in [0.2, 0.25) is 0 Å². The summed E-state index contributed by atoms with van der Waals surface area (Å²) in [5.74, 6) is 0. The van der Waals surface area contributed by atoms with Crippen LogP contribution >= 0.6 is 69.6 Å². The average molecular weight is 477 g/mol. The smallest absolute Gasteiger partial charge is 0.0782 e. The van der Waals surface area contributed by atoms with E-state index in [1.54, 1.807) is 36.4 Å². The Labute approximate surface area is 186 Å². The summed E-state index contributed by atoms with van der Waals surface area (Å²) < 4.78 is 0. The SMILES string of the molecule is N#CCc1ccc(-c2c(Cl)ccc(Cl)c2Cl)nc1-c1c(Cl)ccc(Cl)c1Cl. The van der Waals surface area contributed by atoms with Crippen molar-refractivity contribution in [1.29, 1.82) is 5.26 Å². The molecule has 1 heterocycles. The molecule has 0 saturated carbocycles. The van der Waals surface area contributed by atoms with Crippen LogP contribution in [0.25, 0.3) is 22.5 Å². The fraction of sp³-hybridized carbons (Fsp3) is 0.0526. The van der Waals surface area contributed by atoms with Gasteiger partial charge in [-0.25, -0.2) is 4.98 Å². The number of hydrogen-bond donors (Lipinski definition) is 0. The number of pyridine rings is 1. The van der Waals surface area contributed by atoms with Gasteiger partial charge in [-0.05, 0) is 35.9 Å². The monoisotopic (exact) mass is 474 g/mol. The Balaban J connectivity index is 2.33. The maximum absolute atomic E-state index is 9.17. The Kier molecular flexibility index (Phi) is 6.43. The van der Waals surface area contributed by atoms with Crippen molar-refractivity contribution in [3.8, 4) is 28.6 Å². The van der Waals surface area contributed by atoms with Crippen LogP contribution in [0, 0.1) is 11.3 Å². The number of halogens is 6. The number of nitriles is 1. The van der Waals surface area contributed by atoms with Crippen LogP contribution in [0.1, 0.15) is 5.56 Å². The first kappa shape index (κ1) is 20.6. The molecule has 0 aliphatic rings. The molecule has 0 bridgehead atoms. The molecular weight excluding hydrogens is 469 g/mol. The van der Waals surface area contributed by atoms with Crippen LogP contribution in [0.15, 0.2) is 36.4 Å². The normalized spacial score (nSPS) is 10.7. The number of aromatic nitrogens is 1. The summed E-state index contributed by atoms with van der Waals surface area (Å²) in [6.45, 7) is 0. The molecule has 0 fully saturated rings. The van der Waals surface area contributed by atoms with E-state index in [-0.39, 0.29) is 16.5 Å². The standard InChI is InChI=1S/C19H8Cl6N2/c20-10-2-4-12(22)17(24)15(10)14-6-1-9(7-8-26)19(27-14)16-11(21)3-5-13(23)18(16)25/h1-6H,7H2. The molecule has 0 aliphatic heterocycles. The lowest BCUT2D eigenvalue weighted by molar-refractivity contribution is 1.20. The van der Waals surface area contributed by atoms with E-state index in [0.29, 0.717) is 48.2 Å². The Hall–Kier alpha value is -1.18. The van der Waals surface area contributed by atoms with Crippen molar-refractivity contribution in [3.05, 3.63) is 72.1 Å². The molecule has 0 unspecified atom stereocenters. The van der Waals surface area contributed by atoms with Crippen LogP contribution in [0.4, 0.5) is 0 Å². The molecule has 8 heteroatoms. The first-order valence-corrected chi connectivity index (χ1v) is 9.76. The largest absolute Gasteiger partial charge is 0.247 e. The molecule has 0 spiro atoms. The first-order valence-electron chi connectivity index (χ1n) is 7.49. The van der Waals surface area contributed by atoms with E-state index in [0.717, 1.165) is 0 Å². The van der Waals surface area contributed by atoms with E-state index in [9.17, 15) is 0 Å². The van der Waals surface area contributed by atoms with Crippen molar-refractivity contribution in [3.63, 3.8) is 0 Å². The van der Waals surface area contributed by atoms with E-state index >= 15 is 0 Å². The van der Waals surface area contributed by atoms with Gasteiger partial charge in [-0.15, -0.1) is 0 Å². The molecule has 0 atom stereocenters. The second kappa shape index (κ2) is 8.45. The van der Waals surface area contributed by atoms with Gasteiger partial charge in [0.25, 0.3) is 0 Å². The Morgan fingerprint density at radius 1 is 0.704 bits per heavy atom. The molecule has 2 nitrogen and oxygen atoms in total. The van der Waals surface area contributed by atoms with E-state index in [1.165, 1.54) is 0 Å². The number of hydrogen-bond acceptors (Lipinski definition) is 2. The summed E-state index contributed by atoms with van der Waals surface area (Å²) in [5, 5.41) is 11.1. The van der Waals surface area contributed by atoms with Gasteiger partial charge in [0.05, 0.1) is 54.0 Å². The maximum atomic E-state index is 9.17. The minimum absolute atomic E-state index is 0.110. The summed E-state index contributed by atoms with van der Waals surface area (Å²) in [4.78, 5) is 4.65. The first-order chi connectivity index (χ1) is 12.8. The molecule has 3 aromatic rings. The van der Waals surface area contributed by atoms with Crippen LogP contribution in [0.5, 0.6) is 0 Å². The van der Waals surface area contributed by atoms with E-state index < -0.39 is 0 Å². The van der Waals surface area contributed by atoms with Crippen LogP contribution < -0.4 is 0 Å². The Morgan fingerprint density at radius 3 is 1.81 bits per heavy atom. The topological polar surface area (TPSA) is 36.7 Å². The lowest BCUT2D eigenvalue weighted by Gasteiger charge is -2.15. The van der Waals surface area contributed by atoms with Gasteiger partial charge in [-0.2, -0.15) is 5.26 Å². The van der Waals surface area contributed by atoms with Gasteiger partial charge in [0.15, 0.2) is 0 Å². The highest BCUT2D eigenvalue weighted by Crippen LogP contribution is 2.43. The second-order valence-corrected chi connectivity index (χ2v) is 7.86. The summed E-state index contributed by atoms with van der Waals surface area (Å²) in [6.07, 6.45) is 0.110. The third kappa shape index (κ3) is 4.00. The highest BCUT2D eigenvalue weighted by atomic mass is 35.5. The predicted molar refractivity (Wildman–Crippen MR) is 114 cm³/mol. The zero-order valence-electron chi connectivity index (χ0n) is 13.3. The second-order valence-electron chi connectivity index (χ2n) is 5.48. The van der Waals surface area contributed by atoms with E-state index in [1.807, 2.05) is 0 Å². The molecule has 27 heavy (non-hydrogen) atoms. The van der Waals surface area contributed by atoms with Crippen LogP contribution in [-0.2, 0) is 6.42 Å². The third-order valence-electron chi connectivity index (χ3n) is 3.83. The quantitative estimate of drug-likeness (QED) is 0.356. The van der Waals surface area contributed by atoms with Crippen molar-refractivity contribution < 1.29 is 0 Å². The fourth-order valence-electron chi connectivity index (χ4n) is 2.58. The molecule has 0 saturated heterocycles. The molecule has 0 N–H and O–H groups in total. The van der Waals surface area contributed by atoms with Gasteiger partial charge >= 0.3 is 0 Å².